The molecular weight excluding hydrogens is 380 g/mol. The van der Waals surface area contributed by atoms with Crippen LogP contribution in [-0.4, -0.2) is 66.4 Å². The van der Waals surface area contributed by atoms with E-state index in [4.69, 9.17) is 0 Å². The number of carbonyl (C=O) groups excluding carboxylic acids is 3. The van der Waals surface area contributed by atoms with E-state index in [0.29, 0.717) is 37.8 Å². The SMILES string of the molecule is CNCC1CCN(C(=O)CN2C(=O)NC3(CCC(C(C)(C)C)CC3)C2=O)C1.Cl. The molecule has 2 heterocycles. The van der Waals surface area contributed by atoms with Crippen LogP contribution in [-0.2, 0) is 9.59 Å². The Hall–Kier alpha value is -1.34. The van der Waals surface area contributed by atoms with Crippen LogP contribution in [0.5, 0.6) is 0 Å². The Bertz CT molecular complexity index is 611. The van der Waals surface area contributed by atoms with E-state index in [1.165, 1.54) is 0 Å². The van der Waals surface area contributed by atoms with Crippen molar-refractivity contribution in [2.75, 3.05) is 33.2 Å². The van der Waals surface area contributed by atoms with Gasteiger partial charge in [-0.25, -0.2) is 4.79 Å². The normalized spacial score (nSPS) is 30.6. The lowest BCUT2D eigenvalue weighted by Gasteiger charge is -2.40. The molecular formula is C20H35ClN4O3. The van der Waals surface area contributed by atoms with Crippen LogP contribution in [0.3, 0.4) is 0 Å². The van der Waals surface area contributed by atoms with Crippen molar-refractivity contribution in [1.29, 1.82) is 0 Å². The fraction of sp³-hybridized carbons (Fsp3) is 0.850. The molecule has 2 aliphatic heterocycles. The van der Waals surface area contributed by atoms with Gasteiger partial charge in [0, 0.05) is 13.1 Å². The average molecular weight is 415 g/mol. The maximum Gasteiger partial charge on any atom is 0.325 e. The van der Waals surface area contributed by atoms with Gasteiger partial charge in [0.15, 0.2) is 0 Å². The maximum absolute atomic E-state index is 13.0. The topological polar surface area (TPSA) is 81.8 Å². The van der Waals surface area contributed by atoms with Crippen molar-refractivity contribution < 1.29 is 14.4 Å². The summed E-state index contributed by atoms with van der Waals surface area (Å²) in [4.78, 5) is 41.0. The molecule has 0 aromatic rings. The highest BCUT2D eigenvalue weighted by atomic mass is 35.5. The first-order valence-electron chi connectivity index (χ1n) is 10.2. The fourth-order valence-electron chi connectivity index (χ4n) is 4.89. The summed E-state index contributed by atoms with van der Waals surface area (Å²) in [5.41, 5.74) is -0.582. The van der Waals surface area contributed by atoms with Gasteiger partial charge < -0.3 is 15.5 Å². The van der Waals surface area contributed by atoms with Crippen LogP contribution in [0.1, 0.15) is 52.9 Å². The minimum Gasteiger partial charge on any atom is -0.341 e. The van der Waals surface area contributed by atoms with Gasteiger partial charge in [-0.2, -0.15) is 0 Å². The molecule has 3 fully saturated rings. The minimum absolute atomic E-state index is 0. The van der Waals surface area contributed by atoms with Gasteiger partial charge in [0.1, 0.15) is 12.1 Å². The number of hydrogen-bond acceptors (Lipinski definition) is 4. The number of hydrogen-bond donors (Lipinski definition) is 2. The molecule has 0 bridgehead atoms. The van der Waals surface area contributed by atoms with Crippen LogP contribution in [0.2, 0.25) is 0 Å². The van der Waals surface area contributed by atoms with Gasteiger partial charge in [-0.15, -0.1) is 12.4 Å². The summed E-state index contributed by atoms with van der Waals surface area (Å²) in [7, 11) is 1.91. The number of nitrogens with one attached hydrogen (secondary N) is 2. The minimum atomic E-state index is -0.793. The molecule has 7 nitrogen and oxygen atoms in total. The van der Waals surface area contributed by atoms with Gasteiger partial charge >= 0.3 is 6.03 Å². The Morgan fingerprint density at radius 2 is 1.86 bits per heavy atom. The largest absolute Gasteiger partial charge is 0.341 e. The van der Waals surface area contributed by atoms with E-state index in [9.17, 15) is 14.4 Å². The Morgan fingerprint density at radius 3 is 2.43 bits per heavy atom. The highest BCUT2D eigenvalue weighted by molar-refractivity contribution is 6.09. The van der Waals surface area contributed by atoms with Gasteiger partial charge in [0.05, 0.1) is 0 Å². The van der Waals surface area contributed by atoms with Gasteiger partial charge in [-0.1, -0.05) is 20.8 Å². The summed E-state index contributed by atoms with van der Waals surface area (Å²) >= 11 is 0. The lowest BCUT2D eigenvalue weighted by Crippen LogP contribution is -2.51. The number of halogens is 1. The molecule has 1 aliphatic carbocycles. The van der Waals surface area contributed by atoms with Crippen LogP contribution in [0.15, 0.2) is 0 Å². The Labute approximate surface area is 174 Å². The van der Waals surface area contributed by atoms with Gasteiger partial charge in [0.25, 0.3) is 5.91 Å². The number of carbonyl (C=O) groups is 3. The predicted octanol–water partition coefficient (Wildman–Crippen LogP) is 2.00. The number of likely N-dealkylation sites (tertiary alicyclic amines) is 1. The molecule has 2 saturated heterocycles. The molecule has 3 aliphatic rings. The number of urea groups is 1. The lowest BCUT2D eigenvalue weighted by atomic mass is 9.67. The third-order valence-electron chi connectivity index (χ3n) is 6.73. The highest BCUT2D eigenvalue weighted by Crippen LogP contribution is 2.43. The molecule has 0 aromatic heterocycles. The third kappa shape index (κ3) is 4.46. The molecule has 1 spiro atoms. The van der Waals surface area contributed by atoms with Crippen LogP contribution in [0.4, 0.5) is 4.79 Å². The summed E-state index contributed by atoms with van der Waals surface area (Å²) in [5.74, 6) is 0.662. The molecule has 28 heavy (non-hydrogen) atoms. The predicted molar refractivity (Wildman–Crippen MR) is 110 cm³/mol. The van der Waals surface area contributed by atoms with E-state index in [1.807, 2.05) is 7.05 Å². The van der Waals surface area contributed by atoms with Crippen LogP contribution < -0.4 is 10.6 Å². The van der Waals surface area contributed by atoms with Crippen molar-refractivity contribution in [3.63, 3.8) is 0 Å². The van der Waals surface area contributed by atoms with Crippen LogP contribution in [0, 0.1) is 17.3 Å². The first kappa shape index (κ1) is 22.9. The van der Waals surface area contributed by atoms with Crippen molar-refractivity contribution in [1.82, 2.24) is 20.4 Å². The summed E-state index contributed by atoms with van der Waals surface area (Å²) in [6.07, 6.45) is 4.14. The molecule has 1 unspecified atom stereocenters. The summed E-state index contributed by atoms with van der Waals surface area (Å²) in [5, 5.41) is 6.07. The summed E-state index contributed by atoms with van der Waals surface area (Å²) < 4.78 is 0. The maximum atomic E-state index is 13.0. The molecule has 2 N–H and O–H groups in total. The number of imide groups is 1. The van der Waals surface area contributed by atoms with E-state index < -0.39 is 11.6 Å². The van der Waals surface area contributed by atoms with Crippen molar-refractivity contribution in [2.24, 2.45) is 17.3 Å². The lowest BCUT2D eigenvalue weighted by molar-refractivity contribution is -0.139. The molecule has 3 rings (SSSR count). The second-order valence-corrected chi connectivity index (χ2v) is 9.60. The van der Waals surface area contributed by atoms with E-state index >= 15 is 0 Å². The van der Waals surface area contributed by atoms with E-state index in [1.54, 1.807) is 4.90 Å². The second kappa shape index (κ2) is 8.57. The zero-order valence-corrected chi connectivity index (χ0v) is 18.4. The number of rotatable bonds is 4. The molecule has 1 saturated carbocycles. The first-order valence-corrected chi connectivity index (χ1v) is 10.2. The zero-order valence-electron chi connectivity index (χ0n) is 17.5. The smallest absolute Gasteiger partial charge is 0.325 e. The molecule has 1 atom stereocenters. The Balaban J connectivity index is 0.00000280. The molecule has 0 radical (unpaired) electrons. The van der Waals surface area contributed by atoms with E-state index in [2.05, 4.69) is 31.4 Å². The summed E-state index contributed by atoms with van der Waals surface area (Å²) in [6.45, 7) is 8.83. The monoisotopic (exact) mass is 414 g/mol. The van der Waals surface area contributed by atoms with Crippen molar-refractivity contribution in [3.8, 4) is 0 Å². The number of nitrogens with zero attached hydrogens (tertiary/aromatic N) is 2. The zero-order chi connectivity index (χ0) is 19.8. The number of amides is 4. The van der Waals surface area contributed by atoms with Crippen molar-refractivity contribution >= 4 is 30.3 Å². The molecule has 160 valence electrons. The Morgan fingerprint density at radius 1 is 1.21 bits per heavy atom. The van der Waals surface area contributed by atoms with Gasteiger partial charge in [-0.05, 0) is 62.9 Å². The molecule has 8 heteroatoms. The molecule has 0 aromatic carbocycles. The Kier molecular flexibility index (Phi) is 7.03. The highest BCUT2D eigenvalue weighted by Gasteiger charge is 2.53. The first-order chi connectivity index (χ1) is 12.7. The van der Waals surface area contributed by atoms with Gasteiger partial charge in [-0.3, -0.25) is 14.5 Å². The average Bonchev–Trinajstić information content (AvgIpc) is 3.14. The van der Waals surface area contributed by atoms with E-state index in [0.717, 1.165) is 30.7 Å². The van der Waals surface area contributed by atoms with Gasteiger partial charge in [0.2, 0.25) is 5.91 Å². The van der Waals surface area contributed by atoms with E-state index in [-0.39, 0.29) is 36.2 Å². The molecule has 4 amide bonds. The third-order valence-corrected chi connectivity index (χ3v) is 6.73. The van der Waals surface area contributed by atoms with Crippen molar-refractivity contribution in [2.45, 2.75) is 58.4 Å². The quantitative estimate of drug-likeness (QED) is 0.689. The van der Waals surface area contributed by atoms with Crippen molar-refractivity contribution in [3.05, 3.63) is 0 Å². The fourth-order valence-corrected chi connectivity index (χ4v) is 4.89. The van der Waals surface area contributed by atoms with Crippen LogP contribution in [0.25, 0.3) is 0 Å². The summed E-state index contributed by atoms with van der Waals surface area (Å²) in [6, 6.07) is -0.409. The second-order valence-electron chi connectivity index (χ2n) is 9.60. The van der Waals surface area contributed by atoms with Crippen LogP contribution >= 0.6 is 12.4 Å². The standard InChI is InChI=1S/C20H34N4O3.ClH/c1-19(2,3)15-5-8-20(9-6-15)17(26)24(18(27)22-20)13-16(25)23-10-7-14(12-23)11-21-4;/h14-15,21H,5-13H2,1-4H3,(H,22,27);1H.